The second kappa shape index (κ2) is 6.54. The summed E-state index contributed by atoms with van der Waals surface area (Å²) in [5.74, 6) is 45.6. The highest BCUT2D eigenvalue weighted by molar-refractivity contribution is 4.64. The van der Waals surface area contributed by atoms with Crippen LogP contribution in [0.4, 0.5) is 0 Å². The van der Waals surface area contributed by atoms with Crippen molar-refractivity contribution in [2.75, 3.05) is 0 Å². The molecular formula is C9H34N11O2+3. The maximum Gasteiger partial charge on any atom is 0.321 e. The molecule has 0 fully saturated rings. The van der Waals surface area contributed by atoms with Gasteiger partial charge in [-0.25, -0.2) is 0 Å². The predicted molar refractivity (Wildman–Crippen MR) is 78.5 cm³/mol. The zero-order valence-electron chi connectivity index (χ0n) is 13.9. The Morgan fingerprint density at radius 3 is 1.55 bits per heavy atom. The van der Waals surface area contributed by atoms with Gasteiger partial charge in [0.1, 0.15) is 0 Å². The van der Waals surface area contributed by atoms with Gasteiger partial charge >= 0.3 is 11.4 Å². The molecule has 0 aliphatic rings. The van der Waals surface area contributed by atoms with Crippen LogP contribution in [-0.2, 0) is 9.68 Å². The van der Waals surface area contributed by atoms with E-state index >= 15 is 0 Å². The predicted octanol–water partition coefficient (Wildman–Crippen LogP) is -3.07. The molecule has 134 valence electrons. The summed E-state index contributed by atoms with van der Waals surface area (Å²) in [6.45, 7) is 6.67. The maximum absolute atomic E-state index is 6.01. The van der Waals surface area contributed by atoms with Crippen LogP contribution >= 0.6 is 0 Å². The van der Waals surface area contributed by atoms with Crippen LogP contribution in [0.1, 0.15) is 47.0 Å². The van der Waals surface area contributed by atoms with E-state index < -0.39 is 26.1 Å². The van der Waals surface area contributed by atoms with Gasteiger partial charge in [-0.05, 0) is 6.42 Å². The fourth-order valence-corrected chi connectivity index (χ4v) is 2.06. The highest BCUT2D eigenvalue weighted by Gasteiger charge is 2.60. The number of hydroxylamine groups is 1. The van der Waals surface area contributed by atoms with Crippen molar-refractivity contribution in [3.8, 4) is 0 Å². The third-order valence-corrected chi connectivity index (χ3v) is 3.44. The SMILES string of the molecule is CCCC(CC)(O[N+](N)(N)C(C)(C)O[N+](N)(N)N)[N+](N)(N)N. The van der Waals surface area contributed by atoms with Crippen LogP contribution < -0.4 is 46.7 Å². The summed E-state index contributed by atoms with van der Waals surface area (Å²) in [6, 6.07) is 0. The van der Waals surface area contributed by atoms with Crippen LogP contribution in [0.5, 0.6) is 0 Å². The lowest BCUT2D eigenvalue weighted by Gasteiger charge is -2.45. The Morgan fingerprint density at radius 2 is 1.27 bits per heavy atom. The Labute approximate surface area is 130 Å². The molecule has 0 aromatic heterocycles. The molecule has 0 bridgehead atoms. The van der Waals surface area contributed by atoms with E-state index in [1.54, 1.807) is 6.92 Å². The summed E-state index contributed by atoms with van der Waals surface area (Å²) in [6.07, 6.45) is 1.40. The van der Waals surface area contributed by atoms with Crippen LogP contribution in [0.25, 0.3) is 0 Å². The number of nitrogens with zero attached hydrogens (tertiary/aromatic N) is 3. The monoisotopic (exact) mass is 328 g/mol. The first kappa shape index (κ1) is 21.5. The zero-order valence-corrected chi connectivity index (χ0v) is 13.9. The average molecular weight is 328 g/mol. The number of hydrogen-bond acceptors (Lipinski definition) is 10. The molecule has 13 heteroatoms. The molecule has 0 spiro atoms. The molecule has 0 rings (SSSR count). The van der Waals surface area contributed by atoms with E-state index in [0.29, 0.717) is 19.3 Å². The molecule has 0 amide bonds. The molecular weight excluding hydrogens is 294 g/mol. The van der Waals surface area contributed by atoms with E-state index in [0.717, 1.165) is 0 Å². The molecule has 13 nitrogen and oxygen atoms in total. The largest absolute Gasteiger partial charge is 0.321 e. The second-order valence-electron chi connectivity index (χ2n) is 5.99. The molecule has 16 N–H and O–H groups in total. The Bertz CT molecular complexity index is 362. The van der Waals surface area contributed by atoms with Gasteiger partial charge in [0.15, 0.2) is 0 Å². The molecule has 22 heavy (non-hydrogen) atoms. The van der Waals surface area contributed by atoms with Gasteiger partial charge in [-0.3, -0.25) is 0 Å². The summed E-state index contributed by atoms with van der Waals surface area (Å²) < 4.78 is 0. The lowest BCUT2D eigenvalue weighted by atomic mass is 10.0. The molecule has 1 unspecified atom stereocenters. The van der Waals surface area contributed by atoms with E-state index in [-0.39, 0.29) is 0 Å². The van der Waals surface area contributed by atoms with E-state index in [4.69, 9.17) is 56.4 Å². The summed E-state index contributed by atoms with van der Waals surface area (Å²) >= 11 is 0. The molecule has 0 saturated carbocycles. The molecule has 0 aliphatic heterocycles. The van der Waals surface area contributed by atoms with Gasteiger partial charge in [0.05, 0.1) is 0 Å². The average Bonchev–Trinajstić information content (AvgIpc) is 2.22. The highest BCUT2D eigenvalue weighted by atomic mass is 16.9. The van der Waals surface area contributed by atoms with Gasteiger partial charge in [0.25, 0.3) is 0 Å². The minimum absolute atomic E-state index is 0.336. The second-order valence-corrected chi connectivity index (χ2v) is 5.99. The first-order valence-electron chi connectivity index (χ1n) is 6.91. The maximum atomic E-state index is 6.01. The van der Waals surface area contributed by atoms with Crippen molar-refractivity contribution < 1.29 is 24.3 Å². The van der Waals surface area contributed by atoms with Crippen LogP contribution in [-0.4, -0.2) is 26.1 Å². The zero-order chi connectivity index (χ0) is 18.0. The Hall–Kier alpha value is -0.520. The van der Waals surface area contributed by atoms with Crippen LogP contribution in [0, 0.1) is 0 Å². The molecule has 1 atom stereocenters. The van der Waals surface area contributed by atoms with Gasteiger partial charge in [-0.15, -0.1) is 46.7 Å². The first-order valence-corrected chi connectivity index (χ1v) is 6.91. The fourth-order valence-electron chi connectivity index (χ4n) is 2.06. The topological polar surface area (TPSA) is 227 Å². The van der Waals surface area contributed by atoms with E-state index in [9.17, 15) is 0 Å². The van der Waals surface area contributed by atoms with Crippen molar-refractivity contribution >= 4 is 0 Å². The van der Waals surface area contributed by atoms with Gasteiger partial charge in [-0.1, -0.05) is 28.3 Å². The first-order chi connectivity index (χ1) is 9.54. The molecule has 0 saturated heterocycles. The van der Waals surface area contributed by atoms with Crippen LogP contribution in [0.15, 0.2) is 0 Å². The van der Waals surface area contributed by atoms with Crippen LogP contribution in [0.3, 0.4) is 0 Å². The van der Waals surface area contributed by atoms with E-state index in [2.05, 4.69) is 0 Å². The number of hydrogen-bond donors (Lipinski definition) is 8. The van der Waals surface area contributed by atoms with Crippen molar-refractivity contribution in [1.29, 1.82) is 0 Å². The fraction of sp³-hybridized carbons (Fsp3) is 1.00. The summed E-state index contributed by atoms with van der Waals surface area (Å²) in [5, 5.41) is 0. The third kappa shape index (κ3) is 5.00. The molecule has 0 heterocycles. The van der Waals surface area contributed by atoms with Gasteiger partial charge in [0.2, 0.25) is 0 Å². The molecule has 0 radical (unpaired) electrons. The van der Waals surface area contributed by atoms with Gasteiger partial charge in [-0.2, -0.15) is 0 Å². The van der Waals surface area contributed by atoms with Crippen molar-refractivity contribution in [2.45, 2.75) is 58.4 Å². The van der Waals surface area contributed by atoms with Gasteiger partial charge < -0.3 is 0 Å². The number of rotatable bonds is 9. The third-order valence-electron chi connectivity index (χ3n) is 3.44. The Morgan fingerprint density at radius 1 is 0.818 bits per heavy atom. The molecule has 0 aliphatic carbocycles. The van der Waals surface area contributed by atoms with Crippen molar-refractivity contribution in [3.63, 3.8) is 0 Å². The summed E-state index contributed by atoms with van der Waals surface area (Å²) in [4.78, 5) is 7.57. The van der Waals surface area contributed by atoms with Crippen molar-refractivity contribution in [2.24, 2.45) is 46.7 Å². The molecule has 0 aromatic rings. The Kier molecular flexibility index (Phi) is 6.38. The quantitative estimate of drug-likeness (QED) is 0.0921. The number of nitrogens with two attached hydrogens (primary N) is 8. The lowest BCUT2D eigenvalue weighted by molar-refractivity contribution is -1.27. The van der Waals surface area contributed by atoms with Gasteiger partial charge in [0, 0.05) is 36.5 Å². The van der Waals surface area contributed by atoms with Crippen LogP contribution in [0.2, 0.25) is 0 Å². The highest BCUT2D eigenvalue weighted by Crippen LogP contribution is 2.31. The smallest absolute Gasteiger partial charge is 0.139 e. The summed E-state index contributed by atoms with van der Waals surface area (Å²) in [7, 11) is 0. The van der Waals surface area contributed by atoms with E-state index in [1.807, 2.05) is 6.92 Å². The summed E-state index contributed by atoms with van der Waals surface area (Å²) in [5.41, 5.74) is -2.73. The molecule has 0 aromatic carbocycles. The minimum atomic E-state index is -1.46. The standard InChI is InChI=1S/C9H34N11O2/c1-5-7-9(6-2,18(10,11)12)22-19(13,14)8(3,4)21-20(15,16)17/h5-7,10-17H2,1-4H3/q+3. The number of quaternary nitrogens is 3. The normalized spacial score (nSPS) is 17.5. The Balaban J connectivity index is 5.60. The lowest BCUT2D eigenvalue weighted by Crippen LogP contribution is -2.85. The van der Waals surface area contributed by atoms with E-state index in [1.165, 1.54) is 13.8 Å². The minimum Gasteiger partial charge on any atom is -0.139 e. The van der Waals surface area contributed by atoms with Crippen molar-refractivity contribution in [3.05, 3.63) is 0 Å². The van der Waals surface area contributed by atoms with Crippen molar-refractivity contribution in [1.82, 2.24) is 0 Å².